The molecule has 0 aromatic carbocycles. The molecule has 0 aliphatic carbocycles. The smallest absolute Gasteiger partial charge is 0.342 e. The van der Waals surface area contributed by atoms with Crippen LogP contribution in [-0.4, -0.2) is 82.1 Å². The van der Waals surface area contributed by atoms with Gasteiger partial charge in [0.2, 0.25) is 10.0 Å². The minimum Gasteiger partial charge on any atom is -0.465 e. The number of sulfonamides is 1. The van der Waals surface area contributed by atoms with E-state index < -0.39 is 26.2 Å². The lowest BCUT2D eigenvalue weighted by Gasteiger charge is -2.39. The summed E-state index contributed by atoms with van der Waals surface area (Å²) in [5.41, 5.74) is -0.119. The van der Waals surface area contributed by atoms with Crippen LogP contribution in [0.5, 0.6) is 0 Å². The molecule has 0 radical (unpaired) electrons. The van der Waals surface area contributed by atoms with Gasteiger partial charge in [0, 0.05) is 39.3 Å². The Labute approximate surface area is 184 Å². The highest BCUT2D eigenvalue weighted by atomic mass is 32.2. The molecule has 0 N–H and O–H groups in total. The van der Waals surface area contributed by atoms with Crippen molar-refractivity contribution >= 4 is 26.2 Å². The number of piperidine rings is 1. The largest absolute Gasteiger partial charge is 0.465 e. The topological polar surface area (TPSA) is 117 Å². The quantitative estimate of drug-likeness (QED) is 0.585. The summed E-state index contributed by atoms with van der Waals surface area (Å²) in [6.45, 7) is 8.08. The number of furan rings is 1. The molecule has 0 amide bonds. The zero-order valence-electron chi connectivity index (χ0n) is 18.6. The third-order valence-electron chi connectivity index (χ3n) is 5.88. The molecule has 2 saturated heterocycles. The van der Waals surface area contributed by atoms with Crippen LogP contribution in [0.2, 0.25) is 0 Å². The lowest BCUT2D eigenvalue weighted by Crippen LogP contribution is -2.56. The van der Waals surface area contributed by atoms with E-state index in [2.05, 4.69) is 0 Å². The van der Waals surface area contributed by atoms with Gasteiger partial charge < -0.3 is 9.15 Å². The van der Waals surface area contributed by atoms with Crippen LogP contribution in [0.15, 0.2) is 9.31 Å². The Kier molecular flexibility index (Phi) is 6.87. The second-order valence-corrected chi connectivity index (χ2v) is 12.3. The molecule has 0 bridgehead atoms. The SMILES string of the molecule is COC(=O)c1c(C)oc(C)c1S(=O)(=O)N1CCN(S(=O)(=O)N2CC(C)CC(C)C2)CC1. The first-order valence-electron chi connectivity index (χ1n) is 10.3. The highest BCUT2D eigenvalue weighted by Crippen LogP contribution is 2.31. The monoisotopic (exact) mass is 477 g/mol. The van der Waals surface area contributed by atoms with Gasteiger partial charge in [0.1, 0.15) is 22.0 Å². The Balaban J connectivity index is 1.79. The third-order valence-corrected chi connectivity index (χ3v) is 9.90. The Bertz CT molecular complexity index is 1030. The van der Waals surface area contributed by atoms with Crippen molar-refractivity contribution < 1.29 is 30.8 Å². The first kappa shape index (κ1) is 24.2. The van der Waals surface area contributed by atoms with E-state index in [1.165, 1.54) is 33.9 Å². The number of carbonyl (C=O) groups is 1. The van der Waals surface area contributed by atoms with Crippen molar-refractivity contribution in [2.75, 3.05) is 46.4 Å². The minimum absolute atomic E-state index is 0.00914. The van der Waals surface area contributed by atoms with E-state index in [4.69, 9.17) is 9.15 Å². The maximum atomic E-state index is 13.3. The van der Waals surface area contributed by atoms with Crippen molar-refractivity contribution in [2.24, 2.45) is 11.8 Å². The molecule has 0 spiro atoms. The van der Waals surface area contributed by atoms with E-state index in [-0.39, 0.29) is 60.0 Å². The van der Waals surface area contributed by atoms with Gasteiger partial charge in [-0.25, -0.2) is 13.2 Å². The third kappa shape index (κ3) is 4.54. The van der Waals surface area contributed by atoms with Crippen LogP contribution >= 0.6 is 0 Å². The minimum atomic E-state index is -4.07. The number of ether oxygens (including phenoxy) is 1. The predicted octanol–water partition coefficient (Wildman–Crippen LogP) is 1.21. The zero-order valence-corrected chi connectivity index (χ0v) is 20.3. The van der Waals surface area contributed by atoms with Gasteiger partial charge in [-0.15, -0.1) is 0 Å². The fraction of sp³-hybridized carbons (Fsp3) is 0.737. The van der Waals surface area contributed by atoms with E-state index >= 15 is 0 Å². The second-order valence-electron chi connectivity index (χ2n) is 8.48. The Morgan fingerprint density at radius 2 is 1.42 bits per heavy atom. The lowest BCUT2D eigenvalue weighted by atomic mass is 9.94. The van der Waals surface area contributed by atoms with E-state index in [9.17, 15) is 21.6 Å². The molecule has 2 atom stereocenters. The van der Waals surface area contributed by atoms with E-state index in [0.29, 0.717) is 13.1 Å². The standard InChI is InChI=1S/C19H31N3O7S2/c1-13-10-14(2)12-22(11-13)31(26,27)21-8-6-20(7-9-21)30(24,25)18-16(4)29-15(3)17(18)19(23)28-5/h13-14H,6-12H2,1-5H3. The van der Waals surface area contributed by atoms with Gasteiger partial charge in [-0.05, 0) is 32.1 Å². The fourth-order valence-corrected chi connectivity index (χ4v) is 8.17. The summed E-state index contributed by atoms with van der Waals surface area (Å²) in [5.74, 6) is 0.0395. The molecule has 1 aromatic heterocycles. The van der Waals surface area contributed by atoms with Gasteiger partial charge in [0.25, 0.3) is 10.2 Å². The Morgan fingerprint density at radius 1 is 0.903 bits per heavy atom. The number of rotatable bonds is 5. The van der Waals surface area contributed by atoms with Gasteiger partial charge >= 0.3 is 5.97 Å². The van der Waals surface area contributed by atoms with Crippen molar-refractivity contribution in [3.8, 4) is 0 Å². The van der Waals surface area contributed by atoms with Crippen LogP contribution in [0, 0.1) is 25.7 Å². The average molecular weight is 478 g/mol. The number of hydrogen-bond acceptors (Lipinski definition) is 7. The van der Waals surface area contributed by atoms with Crippen LogP contribution in [0.1, 0.15) is 42.1 Å². The molecule has 3 rings (SSSR count). The summed E-state index contributed by atoms with van der Waals surface area (Å²) in [5, 5.41) is 0. The van der Waals surface area contributed by atoms with Crippen molar-refractivity contribution in [3.63, 3.8) is 0 Å². The van der Waals surface area contributed by atoms with E-state index in [1.54, 1.807) is 0 Å². The van der Waals surface area contributed by atoms with Crippen LogP contribution in [0.4, 0.5) is 0 Å². The summed E-state index contributed by atoms with van der Waals surface area (Å²) in [4.78, 5) is 11.9. The number of aryl methyl sites for hydroxylation is 2. The summed E-state index contributed by atoms with van der Waals surface area (Å²) in [6.07, 6.45) is 0.990. The van der Waals surface area contributed by atoms with Gasteiger partial charge in [-0.2, -0.15) is 21.3 Å². The zero-order chi connectivity index (χ0) is 23.1. The lowest BCUT2D eigenvalue weighted by molar-refractivity contribution is 0.0594. The van der Waals surface area contributed by atoms with E-state index in [1.807, 2.05) is 13.8 Å². The van der Waals surface area contributed by atoms with Crippen LogP contribution in [0.3, 0.4) is 0 Å². The number of carbonyl (C=O) groups excluding carboxylic acids is 1. The molecule has 2 fully saturated rings. The van der Waals surface area contributed by atoms with Crippen LogP contribution in [-0.2, 0) is 25.0 Å². The van der Waals surface area contributed by atoms with Gasteiger partial charge in [0.05, 0.1) is 7.11 Å². The highest BCUT2D eigenvalue weighted by Gasteiger charge is 2.41. The normalized spacial score (nSPS) is 24.9. The molecule has 0 saturated carbocycles. The fourth-order valence-electron chi connectivity index (χ4n) is 4.54. The number of esters is 1. The Morgan fingerprint density at radius 3 is 1.94 bits per heavy atom. The number of hydrogen-bond donors (Lipinski definition) is 0. The first-order chi connectivity index (χ1) is 14.4. The van der Waals surface area contributed by atoms with Crippen LogP contribution < -0.4 is 0 Å². The molecular weight excluding hydrogens is 446 g/mol. The molecule has 3 heterocycles. The molecule has 10 nitrogen and oxygen atoms in total. The molecule has 31 heavy (non-hydrogen) atoms. The molecule has 2 aliphatic heterocycles. The molecule has 176 valence electrons. The van der Waals surface area contributed by atoms with Crippen molar-refractivity contribution in [3.05, 3.63) is 17.1 Å². The summed E-state index contributed by atoms with van der Waals surface area (Å²) < 4.78 is 67.0. The first-order valence-corrected chi connectivity index (χ1v) is 13.2. The van der Waals surface area contributed by atoms with Gasteiger partial charge in [0.15, 0.2) is 0 Å². The maximum Gasteiger partial charge on any atom is 0.342 e. The number of methoxy groups -OCH3 is 1. The second kappa shape index (κ2) is 8.81. The van der Waals surface area contributed by atoms with E-state index in [0.717, 1.165) is 6.42 Å². The van der Waals surface area contributed by atoms with Crippen molar-refractivity contribution in [2.45, 2.75) is 39.0 Å². The van der Waals surface area contributed by atoms with Crippen molar-refractivity contribution in [1.82, 2.24) is 12.9 Å². The molecular formula is C19H31N3O7S2. The summed E-state index contributed by atoms with van der Waals surface area (Å²) in [6, 6.07) is 0. The molecule has 1 aromatic rings. The molecule has 12 heteroatoms. The summed E-state index contributed by atoms with van der Waals surface area (Å²) >= 11 is 0. The van der Waals surface area contributed by atoms with Crippen LogP contribution in [0.25, 0.3) is 0 Å². The van der Waals surface area contributed by atoms with Gasteiger partial charge in [-0.1, -0.05) is 13.8 Å². The molecule has 2 aliphatic rings. The number of nitrogens with zero attached hydrogens (tertiary/aromatic N) is 3. The predicted molar refractivity (Wildman–Crippen MR) is 113 cm³/mol. The highest BCUT2D eigenvalue weighted by molar-refractivity contribution is 7.89. The van der Waals surface area contributed by atoms with Gasteiger partial charge in [-0.3, -0.25) is 0 Å². The molecule has 2 unspecified atom stereocenters. The maximum absolute atomic E-state index is 13.3. The Hall–Kier alpha value is -1.47. The van der Waals surface area contributed by atoms with Crippen molar-refractivity contribution in [1.29, 1.82) is 0 Å². The summed E-state index contributed by atoms with van der Waals surface area (Å²) in [7, 11) is -6.55. The average Bonchev–Trinajstić information content (AvgIpc) is 3.01. The number of piperazine rings is 1.